The number of hydrogen-bond acceptors (Lipinski definition) is 2. The highest BCUT2D eigenvalue weighted by atomic mass is 31.2. The molecule has 154 valence electrons. The van der Waals surface area contributed by atoms with Crippen LogP contribution in [0.2, 0.25) is 0 Å². The first-order chi connectivity index (χ1) is 14.1. The van der Waals surface area contributed by atoms with Crippen molar-refractivity contribution in [2.45, 2.75) is 38.4 Å². The Morgan fingerprint density at radius 1 is 0.862 bits per heavy atom. The molecule has 0 spiro atoms. The maximum Gasteiger partial charge on any atom is 0.279 e. The highest BCUT2D eigenvalue weighted by Crippen LogP contribution is 2.65. The second-order valence-electron chi connectivity index (χ2n) is 8.06. The topological polar surface area (TPSA) is 26.8 Å². The number of benzene rings is 2. The van der Waals surface area contributed by atoms with Crippen LogP contribution in [0.15, 0.2) is 72.8 Å². The fourth-order valence-electron chi connectivity index (χ4n) is 4.68. The Kier molecular flexibility index (Phi) is 6.12. The Morgan fingerprint density at radius 2 is 1.34 bits per heavy atom. The van der Waals surface area contributed by atoms with Gasteiger partial charge in [-0.15, -0.1) is 0 Å². The molecule has 5 heteroatoms. The Hall–Kier alpha value is -2.03. The molecule has 1 unspecified atom stereocenters. The number of hydrogen-bond donors (Lipinski definition) is 0. The lowest BCUT2D eigenvalue weighted by molar-refractivity contribution is 0.221. The van der Waals surface area contributed by atoms with Crippen LogP contribution in [0.4, 0.5) is 11.4 Å². The summed E-state index contributed by atoms with van der Waals surface area (Å²) in [4.78, 5) is 2.48. The van der Waals surface area contributed by atoms with Gasteiger partial charge in [0.05, 0.1) is 0 Å². The fourth-order valence-corrected chi connectivity index (χ4v) is 8.51. The van der Waals surface area contributed by atoms with E-state index in [0.29, 0.717) is 0 Å². The van der Waals surface area contributed by atoms with E-state index < -0.39 is 7.44 Å². The third kappa shape index (κ3) is 3.89. The lowest BCUT2D eigenvalue weighted by atomic mass is 10.1. The molecule has 2 aromatic carbocycles. The van der Waals surface area contributed by atoms with Crippen molar-refractivity contribution in [2.75, 3.05) is 35.5 Å². The minimum atomic E-state index is -2.89. The summed E-state index contributed by atoms with van der Waals surface area (Å²) in [6, 6.07) is 20.6. The summed E-state index contributed by atoms with van der Waals surface area (Å²) in [6.07, 6.45) is 3.99. The van der Waals surface area contributed by atoms with E-state index in [1.54, 1.807) is 0 Å². The van der Waals surface area contributed by atoms with Crippen LogP contribution in [0.5, 0.6) is 0 Å². The van der Waals surface area contributed by atoms with Gasteiger partial charge in [-0.1, -0.05) is 61.9 Å². The molecule has 2 fully saturated rings. The first-order valence-corrected chi connectivity index (χ1v) is 12.5. The molecular formula is C24H32N3OP. The van der Waals surface area contributed by atoms with Gasteiger partial charge in [-0.3, -0.25) is 9.46 Å². The first-order valence-electron chi connectivity index (χ1n) is 10.8. The number of nitrogens with zero attached hydrogens (tertiary/aromatic N) is 3. The largest absolute Gasteiger partial charge is 0.304 e. The molecule has 0 saturated carbocycles. The molecule has 2 aliphatic heterocycles. The highest BCUT2D eigenvalue weighted by Gasteiger charge is 2.51. The van der Waals surface area contributed by atoms with Gasteiger partial charge in [0.2, 0.25) is 0 Å². The summed E-state index contributed by atoms with van der Waals surface area (Å²) in [5.41, 5.74) is 3.45. The van der Waals surface area contributed by atoms with E-state index in [1.807, 2.05) is 36.4 Å². The normalized spacial score (nSPS) is 20.8. The van der Waals surface area contributed by atoms with Gasteiger partial charge >= 0.3 is 0 Å². The van der Waals surface area contributed by atoms with Gasteiger partial charge in [0, 0.05) is 37.6 Å². The summed E-state index contributed by atoms with van der Waals surface area (Å²) in [6.45, 7) is 9.87. The second kappa shape index (κ2) is 8.77. The number of para-hydroxylation sites is 2. The van der Waals surface area contributed by atoms with Gasteiger partial charge in [0.1, 0.15) is 5.78 Å². The molecule has 0 bridgehead atoms. The molecule has 0 radical (unpaired) electrons. The van der Waals surface area contributed by atoms with E-state index in [2.05, 4.69) is 52.0 Å². The minimum absolute atomic E-state index is 0.0310. The summed E-state index contributed by atoms with van der Waals surface area (Å²) in [7, 11) is -2.89. The third-order valence-corrected chi connectivity index (χ3v) is 9.79. The monoisotopic (exact) mass is 409 g/mol. The Balaban J connectivity index is 1.78. The standard InChI is InChI=1S/C24H32N3OP/c1-3-10-24(25-17-15-21(2)16-18-25)29(28)26(22-11-6-4-7-12-22)19-20-27(29)23-13-8-5-9-14-23/h4-9,11-14,24H,2-3,10,15-20H2,1H3. The third-order valence-electron chi connectivity index (χ3n) is 6.19. The number of rotatable bonds is 6. The van der Waals surface area contributed by atoms with Gasteiger partial charge in [-0.2, -0.15) is 0 Å². The summed E-state index contributed by atoms with van der Waals surface area (Å²) >= 11 is 0. The molecule has 1 atom stereocenters. The Bertz CT molecular complexity index is 809. The zero-order valence-corrected chi connectivity index (χ0v) is 18.3. The number of anilines is 2. The molecule has 29 heavy (non-hydrogen) atoms. The molecule has 2 heterocycles. The van der Waals surface area contributed by atoms with Crippen LogP contribution in [0.1, 0.15) is 32.6 Å². The lowest BCUT2D eigenvalue weighted by Gasteiger charge is -2.44. The lowest BCUT2D eigenvalue weighted by Crippen LogP contribution is -2.44. The molecule has 2 aliphatic rings. The Morgan fingerprint density at radius 3 is 1.79 bits per heavy atom. The van der Waals surface area contributed by atoms with Crippen LogP contribution in [-0.4, -0.2) is 36.9 Å². The van der Waals surface area contributed by atoms with Crippen LogP contribution >= 0.6 is 7.44 Å². The van der Waals surface area contributed by atoms with E-state index in [1.165, 1.54) is 5.57 Å². The van der Waals surface area contributed by atoms with Crippen molar-refractivity contribution >= 4 is 18.8 Å². The maximum absolute atomic E-state index is 15.1. The molecule has 0 amide bonds. The van der Waals surface area contributed by atoms with Crippen LogP contribution in [0.25, 0.3) is 0 Å². The maximum atomic E-state index is 15.1. The molecule has 4 nitrogen and oxygen atoms in total. The van der Waals surface area contributed by atoms with E-state index >= 15 is 4.57 Å². The SMILES string of the molecule is C=C1CCN(C(CCC)P2(=O)N(c3ccccc3)CCN2c2ccccc2)CC1. The molecular weight excluding hydrogens is 377 g/mol. The van der Waals surface area contributed by atoms with E-state index in [0.717, 1.165) is 63.2 Å². The average Bonchev–Trinajstić information content (AvgIpc) is 3.12. The second-order valence-corrected chi connectivity index (χ2v) is 10.8. The predicted octanol–water partition coefficient (Wildman–Crippen LogP) is 5.98. The fraction of sp³-hybridized carbons (Fsp3) is 0.417. The van der Waals surface area contributed by atoms with E-state index in [4.69, 9.17) is 0 Å². The van der Waals surface area contributed by atoms with Crippen molar-refractivity contribution in [3.8, 4) is 0 Å². The predicted molar refractivity (Wildman–Crippen MR) is 124 cm³/mol. The van der Waals surface area contributed by atoms with Gasteiger partial charge in [-0.25, -0.2) is 0 Å². The van der Waals surface area contributed by atoms with Gasteiger partial charge in [0.15, 0.2) is 0 Å². The number of likely N-dealkylation sites (tertiary alicyclic amines) is 1. The molecule has 4 rings (SSSR count). The summed E-state index contributed by atoms with van der Waals surface area (Å²) in [5.74, 6) is 0.0310. The quantitative estimate of drug-likeness (QED) is 0.433. The zero-order valence-electron chi connectivity index (χ0n) is 17.4. The summed E-state index contributed by atoms with van der Waals surface area (Å²) < 4.78 is 19.6. The van der Waals surface area contributed by atoms with Crippen LogP contribution in [-0.2, 0) is 4.57 Å². The van der Waals surface area contributed by atoms with Crippen LogP contribution in [0, 0.1) is 0 Å². The van der Waals surface area contributed by atoms with Crippen LogP contribution < -0.4 is 9.34 Å². The highest BCUT2D eigenvalue weighted by molar-refractivity contribution is 7.68. The van der Waals surface area contributed by atoms with Crippen molar-refractivity contribution in [2.24, 2.45) is 0 Å². The molecule has 0 aromatic heterocycles. The molecule has 2 aromatic rings. The van der Waals surface area contributed by atoms with Crippen LogP contribution in [0.3, 0.4) is 0 Å². The number of piperidine rings is 1. The summed E-state index contributed by atoms with van der Waals surface area (Å²) in [5, 5.41) is 0. The smallest absolute Gasteiger partial charge is 0.279 e. The average molecular weight is 410 g/mol. The van der Waals surface area contributed by atoms with Crippen molar-refractivity contribution < 1.29 is 4.57 Å². The Labute approximate surface area is 175 Å². The van der Waals surface area contributed by atoms with Crippen molar-refractivity contribution in [1.29, 1.82) is 0 Å². The van der Waals surface area contributed by atoms with Crippen molar-refractivity contribution in [3.05, 3.63) is 72.8 Å². The molecule has 0 N–H and O–H groups in total. The van der Waals surface area contributed by atoms with E-state index in [9.17, 15) is 0 Å². The molecule has 2 saturated heterocycles. The first kappa shape index (κ1) is 20.3. The molecule has 0 aliphatic carbocycles. The van der Waals surface area contributed by atoms with Crippen molar-refractivity contribution in [3.63, 3.8) is 0 Å². The minimum Gasteiger partial charge on any atom is -0.304 e. The van der Waals surface area contributed by atoms with E-state index in [-0.39, 0.29) is 5.78 Å². The van der Waals surface area contributed by atoms with Gasteiger partial charge in [-0.05, 0) is 43.5 Å². The van der Waals surface area contributed by atoms with Crippen molar-refractivity contribution in [1.82, 2.24) is 4.90 Å². The zero-order chi connectivity index (χ0) is 20.3. The van der Waals surface area contributed by atoms with Gasteiger partial charge < -0.3 is 9.34 Å². The van der Waals surface area contributed by atoms with Gasteiger partial charge in [0.25, 0.3) is 7.44 Å².